The molecule has 3 heterocycles. The molecule has 11 heteroatoms. The highest BCUT2D eigenvalue weighted by Gasteiger charge is 2.36. The third-order valence-electron chi connectivity index (χ3n) is 4.43. The van der Waals surface area contributed by atoms with Crippen LogP contribution in [0.4, 0.5) is 23.9 Å². The molecular formula is C19H24F3N5O2S. The van der Waals surface area contributed by atoms with Crippen molar-refractivity contribution >= 4 is 23.4 Å². The van der Waals surface area contributed by atoms with E-state index in [1.807, 2.05) is 20.8 Å². The van der Waals surface area contributed by atoms with Crippen LogP contribution in [0.15, 0.2) is 12.4 Å². The Kier molecular flexibility index (Phi) is 6.21. The van der Waals surface area contributed by atoms with Gasteiger partial charge in [-0.2, -0.15) is 13.2 Å². The average molecular weight is 443 g/mol. The van der Waals surface area contributed by atoms with Crippen LogP contribution in [0.5, 0.6) is 0 Å². The molecule has 0 unspecified atom stereocenters. The van der Waals surface area contributed by atoms with E-state index in [4.69, 9.17) is 4.74 Å². The molecule has 0 radical (unpaired) electrons. The number of carbonyl (C=O) groups excluding carboxylic acids is 1. The largest absolute Gasteiger partial charge is 0.444 e. The van der Waals surface area contributed by atoms with Crippen LogP contribution in [0, 0.1) is 6.92 Å². The van der Waals surface area contributed by atoms with Crippen molar-refractivity contribution in [2.45, 2.75) is 58.4 Å². The predicted molar refractivity (Wildman–Crippen MR) is 107 cm³/mol. The summed E-state index contributed by atoms with van der Waals surface area (Å²) in [5.41, 5.74) is -1.64. The normalized spacial score (nSPS) is 15.9. The minimum absolute atomic E-state index is 0.0588. The van der Waals surface area contributed by atoms with Gasteiger partial charge in [-0.25, -0.2) is 19.7 Å². The Morgan fingerprint density at radius 1 is 1.20 bits per heavy atom. The van der Waals surface area contributed by atoms with Crippen LogP contribution in [0.25, 0.3) is 10.6 Å². The summed E-state index contributed by atoms with van der Waals surface area (Å²) in [6, 6.07) is -0.0588. The van der Waals surface area contributed by atoms with E-state index in [1.54, 1.807) is 11.8 Å². The van der Waals surface area contributed by atoms with Crippen LogP contribution in [0.1, 0.15) is 44.2 Å². The summed E-state index contributed by atoms with van der Waals surface area (Å²) in [5.74, 6) is 0.125. The molecule has 1 fully saturated rings. The Labute approximate surface area is 176 Å². The first kappa shape index (κ1) is 22.3. The number of aryl methyl sites for hydroxylation is 1. The van der Waals surface area contributed by atoms with E-state index < -0.39 is 17.3 Å². The number of anilines is 1. The molecule has 0 bridgehead atoms. The number of hydrogen-bond acceptors (Lipinski definition) is 7. The molecule has 0 saturated carbocycles. The monoisotopic (exact) mass is 443 g/mol. The molecule has 0 aliphatic carbocycles. The van der Waals surface area contributed by atoms with Crippen molar-refractivity contribution < 1.29 is 22.7 Å². The summed E-state index contributed by atoms with van der Waals surface area (Å²) >= 11 is 1.15. The maximum atomic E-state index is 13.4. The Balaban J connectivity index is 1.70. The first-order valence-electron chi connectivity index (χ1n) is 9.54. The molecule has 1 saturated heterocycles. The van der Waals surface area contributed by atoms with Gasteiger partial charge in [0.05, 0.1) is 15.6 Å². The van der Waals surface area contributed by atoms with Crippen LogP contribution in [-0.4, -0.2) is 50.7 Å². The van der Waals surface area contributed by atoms with Crippen molar-refractivity contribution in [1.29, 1.82) is 0 Å². The number of amides is 1. The second-order valence-electron chi connectivity index (χ2n) is 8.08. The van der Waals surface area contributed by atoms with Gasteiger partial charge in [0.25, 0.3) is 0 Å². The molecule has 30 heavy (non-hydrogen) atoms. The van der Waals surface area contributed by atoms with Gasteiger partial charge in [0.2, 0.25) is 5.95 Å². The van der Waals surface area contributed by atoms with Gasteiger partial charge < -0.3 is 15.0 Å². The van der Waals surface area contributed by atoms with E-state index >= 15 is 0 Å². The van der Waals surface area contributed by atoms with E-state index in [0.29, 0.717) is 35.8 Å². The Morgan fingerprint density at radius 3 is 2.40 bits per heavy atom. The lowest BCUT2D eigenvalue weighted by molar-refractivity contribution is -0.137. The third-order valence-corrected chi connectivity index (χ3v) is 5.35. The minimum Gasteiger partial charge on any atom is -0.444 e. The fraction of sp³-hybridized carbons (Fsp3) is 0.579. The molecule has 1 aliphatic heterocycles. The maximum absolute atomic E-state index is 13.4. The van der Waals surface area contributed by atoms with E-state index in [2.05, 4.69) is 20.3 Å². The number of thiazole rings is 1. The quantitative estimate of drug-likeness (QED) is 0.738. The van der Waals surface area contributed by atoms with Gasteiger partial charge in [-0.1, -0.05) is 0 Å². The highest BCUT2D eigenvalue weighted by molar-refractivity contribution is 7.15. The number of aromatic nitrogens is 3. The Morgan fingerprint density at radius 2 is 1.87 bits per heavy atom. The highest BCUT2D eigenvalue weighted by Crippen LogP contribution is 2.38. The summed E-state index contributed by atoms with van der Waals surface area (Å²) in [5, 5.41) is 3.75. The van der Waals surface area contributed by atoms with Gasteiger partial charge in [0.1, 0.15) is 11.2 Å². The molecule has 1 aliphatic rings. The van der Waals surface area contributed by atoms with Gasteiger partial charge in [-0.15, -0.1) is 11.3 Å². The lowest BCUT2D eigenvalue weighted by Gasteiger charge is -2.33. The smallest absolute Gasteiger partial charge is 0.420 e. The lowest BCUT2D eigenvalue weighted by atomic mass is 10.1. The van der Waals surface area contributed by atoms with E-state index in [0.717, 1.165) is 17.5 Å². The van der Waals surface area contributed by atoms with E-state index in [1.165, 1.54) is 6.20 Å². The van der Waals surface area contributed by atoms with Crippen molar-refractivity contribution in [3.05, 3.63) is 23.0 Å². The number of halogens is 3. The van der Waals surface area contributed by atoms with Crippen molar-refractivity contribution in [1.82, 2.24) is 19.9 Å². The molecule has 3 rings (SSSR count). The summed E-state index contributed by atoms with van der Waals surface area (Å²) in [6.45, 7) is 8.11. The number of hydrogen-bond donors (Lipinski definition) is 1. The molecule has 2 aromatic rings. The fourth-order valence-corrected chi connectivity index (χ4v) is 3.81. The second-order valence-corrected chi connectivity index (χ2v) is 9.32. The van der Waals surface area contributed by atoms with Crippen LogP contribution in [0.3, 0.4) is 0 Å². The Bertz CT molecular complexity index is 902. The summed E-state index contributed by atoms with van der Waals surface area (Å²) in [4.78, 5) is 26.2. The average Bonchev–Trinajstić information content (AvgIpc) is 3.06. The Hall–Kier alpha value is -2.43. The van der Waals surface area contributed by atoms with Gasteiger partial charge in [0.15, 0.2) is 0 Å². The zero-order valence-corrected chi connectivity index (χ0v) is 18.0. The molecule has 0 aromatic carbocycles. The molecule has 7 nitrogen and oxygen atoms in total. The number of ether oxygens (including phenoxy) is 1. The number of rotatable bonds is 3. The van der Waals surface area contributed by atoms with Crippen LogP contribution in [-0.2, 0) is 10.9 Å². The molecule has 1 N–H and O–H groups in total. The standard InChI is InChI=1S/C19H24F3N5O2S/c1-11-23-10-14(30-11)15-13(19(20,21)22)9-24-16(26-15)25-12-5-7-27(8-6-12)17(28)29-18(2,3)4/h9-10,12H,5-8H2,1-4H3,(H,24,25,26). The number of nitrogens with one attached hydrogen (secondary N) is 1. The van der Waals surface area contributed by atoms with Crippen molar-refractivity contribution in [2.75, 3.05) is 18.4 Å². The molecule has 0 spiro atoms. The molecule has 2 aromatic heterocycles. The van der Waals surface area contributed by atoms with Crippen LogP contribution >= 0.6 is 11.3 Å². The molecule has 164 valence electrons. The SMILES string of the molecule is Cc1ncc(-c2nc(NC3CCN(C(=O)OC(C)(C)C)CC3)ncc2C(F)(F)F)s1. The zero-order valence-electron chi connectivity index (χ0n) is 17.2. The van der Waals surface area contributed by atoms with E-state index in [-0.39, 0.29) is 23.8 Å². The van der Waals surface area contributed by atoms with Crippen LogP contribution < -0.4 is 5.32 Å². The van der Waals surface area contributed by atoms with Gasteiger partial charge >= 0.3 is 12.3 Å². The second kappa shape index (κ2) is 8.37. The number of alkyl halides is 3. The molecule has 0 atom stereocenters. The number of likely N-dealkylation sites (tertiary alicyclic amines) is 1. The minimum atomic E-state index is -4.56. The summed E-state index contributed by atoms with van der Waals surface area (Å²) < 4.78 is 45.6. The first-order chi connectivity index (χ1) is 13.9. The van der Waals surface area contributed by atoms with E-state index in [9.17, 15) is 18.0 Å². The number of nitrogens with zero attached hydrogens (tertiary/aromatic N) is 4. The molecular weight excluding hydrogens is 419 g/mol. The number of piperidine rings is 1. The molecule has 1 amide bonds. The van der Waals surface area contributed by atoms with Crippen molar-refractivity contribution in [3.63, 3.8) is 0 Å². The lowest BCUT2D eigenvalue weighted by Crippen LogP contribution is -2.44. The predicted octanol–water partition coefficient (Wildman–Crippen LogP) is 4.74. The van der Waals surface area contributed by atoms with Crippen molar-refractivity contribution in [2.24, 2.45) is 0 Å². The van der Waals surface area contributed by atoms with Gasteiger partial charge in [0, 0.05) is 31.5 Å². The van der Waals surface area contributed by atoms with Gasteiger partial charge in [-0.05, 0) is 40.5 Å². The maximum Gasteiger partial charge on any atom is 0.420 e. The third kappa shape index (κ3) is 5.59. The summed E-state index contributed by atoms with van der Waals surface area (Å²) in [7, 11) is 0. The zero-order chi connectivity index (χ0) is 22.1. The first-order valence-corrected chi connectivity index (χ1v) is 10.4. The van der Waals surface area contributed by atoms with Crippen molar-refractivity contribution in [3.8, 4) is 10.6 Å². The van der Waals surface area contributed by atoms with Gasteiger partial charge in [-0.3, -0.25) is 0 Å². The number of carbonyl (C=O) groups is 1. The topological polar surface area (TPSA) is 80.2 Å². The highest BCUT2D eigenvalue weighted by atomic mass is 32.1. The fourth-order valence-electron chi connectivity index (χ4n) is 3.03. The summed E-state index contributed by atoms with van der Waals surface area (Å²) in [6.07, 6.45) is -1.52. The van der Waals surface area contributed by atoms with Crippen LogP contribution in [0.2, 0.25) is 0 Å².